The highest BCUT2D eigenvalue weighted by molar-refractivity contribution is 7.15. The van der Waals surface area contributed by atoms with Crippen molar-refractivity contribution >= 4 is 17.3 Å². The first-order chi connectivity index (χ1) is 14.2. The van der Waals surface area contributed by atoms with Crippen LogP contribution >= 0.6 is 11.3 Å². The zero-order valence-electron chi connectivity index (χ0n) is 17.0. The maximum absolute atomic E-state index is 10.6. The molecule has 0 atom stereocenters. The molecule has 0 spiro atoms. The predicted molar refractivity (Wildman–Crippen MR) is 123 cm³/mol. The first kappa shape index (κ1) is 21.3. The van der Waals surface area contributed by atoms with Gasteiger partial charge in [0.15, 0.2) is 0 Å². The highest BCUT2D eigenvalue weighted by Gasteiger charge is 2.11. The van der Waals surface area contributed by atoms with Crippen molar-refractivity contribution in [3.63, 3.8) is 0 Å². The smallest absolute Gasteiger partial charge is 0.303 e. The van der Waals surface area contributed by atoms with E-state index in [0.29, 0.717) is 6.42 Å². The van der Waals surface area contributed by atoms with Crippen molar-refractivity contribution in [1.82, 2.24) is 0 Å². The number of benzene rings is 2. The molecule has 152 valence electrons. The zero-order chi connectivity index (χ0) is 20.3. The van der Waals surface area contributed by atoms with Crippen LogP contribution in [0.4, 0.5) is 0 Å². The second-order valence-corrected chi connectivity index (χ2v) is 8.71. The number of hydrogen-bond acceptors (Lipinski definition) is 2. The summed E-state index contributed by atoms with van der Waals surface area (Å²) < 4.78 is 0. The van der Waals surface area contributed by atoms with Gasteiger partial charge in [-0.2, -0.15) is 0 Å². The first-order valence-corrected chi connectivity index (χ1v) is 11.5. The Morgan fingerprint density at radius 1 is 0.759 bits per heavy atom. The molecule has 0 saturated heterocycles. The maximum Gasteiger partial charge on any atom is 0.303 e. The van der Waals surface area contributed by atoms with Gasteiger partial charge in [0.05, 0.1) is 0 Å². The Labute approximate surface area is 178 Å². The fourth-order valence-electron chi connectivity index (χ4n) is 3.68. The number of aliphatic carboxylic acids is 1. The van der Waals surface area contributed by atoms with Crippen molar-refractivity contribution in [2.75, 3.05) is 0 Å². The molecule has 1 N–H and O–H groups in total. The number of carbonyl (C=O) groups is 1. The number of rotatable bonds is 12. The highest BCUT2D eigenvalue weighted by Crippen LogP contribution is 2.33. The number of unbranched alkanes of at least 4 members (excludes halogenated alkanes) is 3. The average Bonchev–Trinajstić information content (AvgIpc) is 3.15. The van der Waals surface area contributed by atoms with E-state index in [-0.39, 0.29) is 0 Å². The molecule has 0 amide bonds. The summed E-state index contributed by atoms with van der Waals surface area (Å²) in [6, 6.07) is 23.8. The quantitative estimate of drug-likeness (QED) is 0.324. The molecule has 1 heterocycles. The van der Waals surface area contributed by atoms with Gasteiger partial charge in [-0.3, -0.25) is 4.79 Å². The van der Waals surface area contributed by atoms with E-state index in [0.717, 1.165) is 44.9 Å². The second kappa shape index (κ2) is 11.6. The maximum atomic E-state index is 10.6. The summed E-state index contributed by atoms with van der Waals surface area (Å²) in [5.41, 5.74) is 4.20. The number of aryl methyl sites for hydroxylation is 3. The van der Waals surface area contributed by atoms with E-state index in [1.807, 2.05) is 11.3 Å². The van der Waals surface area contributed by atoms with Crippen LogP contribution in [0.5, 0.6) is 0 Å². The third kappa shape index (κ3) is 7.17. The minimum Gasteiger partial charge on any atom is -0.481 e. The van der Waals surface area contributed by atoms with Gasteiger partial charge in [-0.15, -0.1) is 11.3 Å². The van der Waals surface area contributed by atoms with Gasteiger partial charge in [-0.25, -0.2) is 0 Å². The molecular weight excluding hydrogens is 376 g/mol. The minimum atomic E-state index is -0.684. The number of carboxylic acid groups (broad SMARTS) is 1. The van der Waals surface area contributed by atoms with Crippen LogP contribution in [0.1, 0.15) is 54.5 Å². The summed E-state index contributed by atoms with van der Waals surface area (Å²) in [4.78, 5) is 13.5. The van der Waals surface area contributed by atoms with Crippen LogP contribution in [0, 0.1) is 0 Å². The van der Waals surface area contributed by atoms with Crippen molar-refractivity contribution in [3.05, 3.63) is 82.7 Å². The Kier molecular flexibility index (Phi) is 8.51. The molecule has 3 rings (SSSR count). The Hall–Kier alpha value is -2.39. The monoisotopic (exact) mass is 406 g/mol. The standard InChI is InChI=1S/C26H30O2S/c27-26(28)19-10-2-1-9-18-24-23(17-11-14-21-12-5-3-6-13-21)20-25(29-24)22-15-7-4-8-16-22/h3-8,12-13,15-16,20H,1-2,9-11,14,17-19H2,(H,27,28). The molecule has 0 radical (unpaired) electrons. The summed E-state index contributed by atoms with van der Waals surface area (Å²) in [7, 11) is 0. The fraction of sp³-hybridized carbons (Fsp3) is 0.346. The van der Waals surface area contributed by atoms with Crippen LogP contribution in [0.25, 0.3) is 10.4 Å². The summed E-state index contributed by atoms with van der Waals surface area (Å²) in [6.45, 7) is 0. The van der Waals surface area contributed by atoms with E-state index in [9.17, 15) is 4.79 Å². The fourth-order valence-corrected chi connectivity index (χ4v) is 4.94. The van der Waals surface area contributed by atoms with Crippen LogP contribution in [-0.2, 0) is 24.1 Å². The molecule has 3 heteroatoms. The van der Waals surface area contributed by atoms with Gasteiger partial charge in [0.1, 0.15) is 0 Å². The Morgan fingerprint density at radius 2 is 1.45 bits per heavy atom. The minimum absolute atomic E-state index is 0.294. The lowest BCUT2D eigenvalue weighted by Gasteiger charge is -2.05. The Balaban J connectivity index is 1.59. The van der Waals surface area contributed by atoms with Crippen LogP contribution in [0.3, 0.4) is 0 Å². The van der Waals surface area contributed by atoms with Crippen LogP contribution in [0.15, 0.2) is 66.7 Å². The van der Waals surface area contributed by atoms with E-state index in [1.54, 1.807) is 0 Å². The van der Waals surface area contributed by atoms with Gasteiger partial charge in [0, 0.05) is 16.2 Å². The molecular formula is C26H30O2S. The Morgan fingerprint density at radius 3 is 2.17 bits per heavy atom. The molecule has 3 aromatic rings. The lowest BCUT2D eigenvalue weighted by atomic mass is 10.0. The SMILES string of the molecule is O=C(O)CCCCCCc1sc(-c2ccccc2)cc1CCCc1ccccc1. The summed E-state index contributed by atoms with van der Waals surface area (Å²) in [5.74, 6) is -0.684. The molecule has 1 aromatic heterocycles. The van der Waals surface area contributed by atoms with Crippen molar-refractivity contribution in [2.24, 2.45) is 0 Å². The largest absolute Gasteiger partial charge is 0.481 e. The molecule has 0 fully saturated rings. The third-order valence-corrected chi connectivity index (χ3v) is 6.54. The molecule has 2 aromatic carbocycles. The number of thiophene rings is 1. The topological polar surface area (TPSA) is 37.3 Å². The molecule has 2 nitrogen and oxygen atoms in total. The van der Waals surface area contributed by atoms with Gasteiger partial charge >= 0.3 is 5.97 Å². The highest BCUT2D eigenvalue weighted by atomic mass is 32.1. The van der Waals surface area contributed by atoms with Gasteiger partial charge in [-0.05, 0) is 61.3 Å². The molecule has 0 bridgehead atoms. The summed E-state index contributed by atoms with van der Waals surface area (Å²) in [6.07, 6.45) is 8.84. The van der Waals surface area contributed by atoms with Crippen LogP contribution in [-0.4, -0.2) is 11.1 Å². The number of hydrogen-bond donors (Lipinski definition) is 1. The molecule has 0 unspecified atom stereocenters. The molecule has 0 aliphatic carbocycles. The molecule has 0 aliphatic heterocycles. The van der Waals surface area contributed by atoms with Gasteiger partial charge in [0.25, 0.3) is 0 Å². The Bertz CT molecular complexity index is 868. The summed E-state index contributed by atoms with van der Waals surface area (Å²) in [5, 5.41) is 8.76. The van der Waals surface area contributed by atoms with Crippen molar-refractivity contribution < 1.29 is 9.90 Å². The summed E-state index contributed by atoms with van der Waals surface area (Å²) >= 11 is 1.93. The van der Waals surface area contributed by atoms with Crippen molar-refractivity contribution in [2.45, 2.75) is 57.8 Å². The molecule has 0 aliphatic rings. The normalized spacial score (nSPS) is 10.9. The lowest BCUT2D eigenvalue weighted by molar-refractivity contribution is -0.137. The van der Waals surface area contributed by atoms with E-state index >= 15 is 0 Å². The van der Waals surface area contributed by atoms with E-state index < -0.39 is 5.97 Å². The van der Waals surface area contributed by atoms with Crippen molar-refractivity contribution in [1.29, 1.82) is 0 Å². The molecule has 29 heavy (non-hydrogen) atoms. The van der Waals surface area contributed by atoms with Gasteiger partial charge < -0.3 is 5.11 Å². The van der Waals surface area contributed by atoms with Crippen LogP contribution in [0.2, 0.25) is 0 Å². The second-order valence-electron chi connectivity index (χ2n) is 7.57. The third-order valence-electron chi connectivity index (χ3n) is 5.25. The number of carboxylic acids is 1. The predicted octanol–water partition coefficient (Wildman–Crippen LogP) is 7.17. The first-order valence-electron chi connectivity index (χ1n) is 10.6. The molecule has 0 saturated carbocycles. The van der Waals surface area contributed by atoms with E-state index in [1.165, 1.54) is 32.9 Å². The van der Waals surface area contributed by atoms with Gasteiger partial charge in [0.2, 0.25) is 0 Å². The lowest BCUT2D eigenvalue weighted by Crippen LogP contribution is -1.95. The van der Waals surface area contributed by atoms with Crippen LogP contribution < -0.4 is 0 Å². The van der Waals surface area contributed by atoms with E-state index in [4.69, 9.17) is 5.11 Å². The van der Waals surface area contributed by atoms with Gasteiger partial charge in [-0.1, -0.05) is 73.5 Å². The zero-order valence-corrected chi connectivity index (χ0v) is 17.8. The van der Waals surface area contributed by atoms with Crippen molar-refractivity contribution in [3.8, 4) is 10.4 Å². The average molecular weight is 407 g/mol. The van der Waals surface area contributed by atoms with E-state index in [2.05, 4.69) is 66.7 Å².